The van der Waals surface area contributed by atoms with Crippen LogP contribution in [0.3, 0.4) is 0 Å². The van der Waals surface area contributed by atoms with Gasteiger partial charge < -0.3 is 9.47 Å². The predicted octanol–water partition coefficient (Wildman–Crippen LogP) is 3.33. The van der Waals surface area contributed by atoms with Crippen molar-refractivity contribution in [3.05, 3.63) is 35.9 Å². The molecular formula is C17H25NO4S. The Bertz CT molecular complexity index is 513. The quantitative estimate of drug-likeness (QED) is 0.744. The highest BCUT2D eigenvalue weighted by Gasteiger charge is 2.31. The van der Waals surface area contributed by atoms with Crippen LogP contribution in [0.5, 0.6) is 0 Å². The standard InChI is InChI=1S/C17H25NO4S/c1-17(2,3)22-16(20)18(4)14(12-23-5)15(19)21-11-13-9-7-6-8-10-13/h6-10,14H,11-12H2,1-5H3/t14-/m0/s1. The Labute approximate surface area is 142 Å². The molecule has 5 nitrogen and oxygen atoms in total. The van der Waals surface area contributed by atoms with Crippen molar-refractivity contribution < 1.29 is 19.1 Å². The second-order valence-corrected chi connectivity index (χ2v) is 7.07. The third-order valence-corrected chi connectivity index (χ3v) is 3.62. The molecule has 0 heterocycles. The highest BCUT2D eigenvalue weighted by Crippen LogP contribution is 2.14. The average Bonchev–Trinajstić information content (AvgIpc) is 2.49. The molecule has 1 amide bonds. The number of thioether (sulfide) groups is 1. The number of esters is 1. The number of carbonyl (C=O) groups excluding carboxylic acids is 2. The summed E-state index contributed by atoms with van der Waals surface area (Å²) < 4.78 is 10.7. The summed E-state index contributed by atoms with van der Waals surface area (Å²) in [6, 6.07) is 8.76. The van der Waals surface area contributed by atoms with E-state index >= 15 is 0 Å². The van der Waals surface area contributed by atoms with Gasteiger partial charge in [0, 0.05) is 12.8 Å². The van der Waals surface area contributed by atoms with Crippen LogP contribution in [0.25, 0.3) is 0 Å². The maximum atomic E-state index is 12.3. The molecule has 0 aromatic heterocycles. The van der Waals surface area contributed by atoms with Gasteiger partial charge in [0.1, 0.15) is 18.2 Å². The van der Waals surface area contributed by atoms with Crippen LogP contribution in [0.2, 0.25) is 0 Å². The van der Waals surface area contributed by atoms with Crippen molar-refractivity contribution in [3.63, 3.8) is 0 Å². The van der Waals surface area contributed by atoms with E-state index in [9.17, 15) is 9.59 Å². The molecule has 0 N–H and O–H groups in total. The molecule has 0 fully saturated rings. The first kappa shape index (κ1) is 19.4. The summed E-state index contributed by atoms with van der Waals surface area (Å²) in [7, 11) is 1.55. The van der Waals surface area contributed by atoms with Gasteiger partial charge >= 0.3 is 12.1 Å². The molecule has 128 valence electrons. The number of benzene rings is 1. The van der Waals surface area contributed by atoms with E-state index in [1.54, 1.807) is 27.8 Å². The van der Waals surface area contributed by atoms with Crippen molar-refractivity contribution >= 4 is 23.8 Å². The first-order valence-corrected chi connectivity index (χ1v) is 8.79. The number of likely N-dealkylation sites (N-methyl/N-ethyl adjacent to an activating group) is 1. The fraction of sp³-hybridized carbons (Fsp3) is 0.529. The fourth-order valence-corrected chi connectivity index (χ4v) is 2.46. The van der Waals surface area contributed by atoms with E-state index in [2.05, 4.69) is 0 Å². The van der Waals surface area contributed by atoms with Crippen LogP contribution in [0.15, 0.2) is 30.3 Å². The first-order chi connectivity index (χ1) is 10.7. The molecule has 0 radical (unpaired) electrons. The van der Waals surface area contributed by atoms with Crippen LogP contribution >= 0.6 is 11.8 Å². The summed E-state index contributed by atoms with van der Waals surface area (Å²) in [6.45, 7) is 5.55. The minimum Gasteiger partial charge on any atom is -0.459 e. The molecule has 0 unspecified atom stereocenters. The van der Waals surface area contributed by atoms with E-state index in [1.807, 2.05) is 36.6 Å². The van der Waals surface area contributed by atoms with Gasteiger partial charge in [0.15, 0.2) is 0 Å². The SMILES string of the molecule is CSC[C@@H](C(=O)OCc1ccccc1)N(C)C(=O)OC(C)(C)C. The van der Waals surface area contributed by atoms with Crippen molar-refractivity contribution in [2.24, 2.45) is 0 Å². The second-order valence-electron chi connectivity index (χ2n) is 6.16. The smallest absolute Gasteiger partial charge is 0.410 e. The first-order valence-electron chi connectivity index (χ1n) is 7.40. The molecule has 1 aromatic rings. The maximum Gasteiger partial charge on any atom is 0.410 e. The van der Waals surface area contributed by atoms with Crippen molar-refractivity contribution in [1.29, 1.82) is 0 Å². The van der Waals surface area contributed by atoms with E-state index in [0.29, 0.717) is 5.75 Å². The Hall–Kier alpha value is -1.69. The van der Waals surface area contributed by atoms with Crippen LogP contribution in [-0.4, -0.2) is 47.7 Å². The van der Waals surface area contributed by atoms with Gasteiger partial charge in [-0.2, -0.15) is 11.8 Å². The van der Waals surface area contributed by atoms with Gasteiger partial charge in [-0.15, -0.1) is 0 Å². The summed E-state index contributed by atoms with van der Waals surface area (Å²) >= 11 is 1.47. The number of hydrogen-bond acceptors (Lipinski definition) is 5. The predicted molar refractivity (Wildman–Crippen MR) is 92.4 cm³/mol. The lowest BCUT2D eigenvalue weighted by Gasteiger charge is -2.29. The average molecular weight is 339 g/mol. The number of amides is 1. The highest BCUT2D eigenvalue weighted by atomic mass is 32.2. The number of rotatable bonds is 6. The van der Waals surface area contributed by atoms with E-state index in [-0.39, 0.29) is 6.61 Å². The summed E-state index contributed by atoms with van der Waals surface area (Å²) in [5, 5.41) is 0. The van der Waals surface area contributed by atoms with E-state index in [4.69, 9.17) is 9.47 Å². The molecule has 0 aliphatic rings. The molecule has 6 heteroatoms. The lowest BCUT2D eigenvalue weighted by molar-refractivity contribution is -0.149. The third-order valence-electron chi connectivity index (χ3n) is 2.97. The number of hydrogen-bond donors (Lipinski definition) is 0. The molecular weight excluding hydrogens is 314 g/mol. The molecule has 23 heavy (non-hydrogen) atoms. The Morgan fingerprint density at radius 2 is 1.83 bits per heavy atom. The largest absolute Gasteiger partial charge is 0.459 e. The van der Waals surface area contributed by atoms with Crippen LogP contribution in [0, 0.1) is 0 Å². The van der Waals surface area contributed by atoms with Gasteiger partial charge in [-0.3, -0.25) is 4.90 Å². The van der Waals surface area contributed by atoms with E-state index < -0.39 is 23.7 Å². The highest BCUT2D eigenvalue weighted by molar-refractivity contribution is 7.98. The summed E-state index contributed by atoms with van der Waals surface area (Å²) in [5.41, 5.74) is 0.298. The zero-order valence-electron chi connectivity index (χ0n) is 14.4. The zero-order valence-corrected chi connectivity index (χ0v) is 15.2. The van der Waals surface area contributed by atoms with Gasteiger partial charge in [0.05, 0.1) is 0 Å². The van der Waals surface area contributed by atoms with Crippen molar-refractivity contribution in [2.75, 3.05) is 19.1 Å². The third kappa shape index (κ3) is 6.95. The number of carbonyl (C=O) groups is 2. The molecule has 0 aliphatic heterocycles. The van der Waals surface area contributed by atoms with Crippen molar-refractivity contribution in [3.8, 4) is 0 Å². The van der Waals surface area contributed by atoms with Crippen LogP contribution in [-0.2, 0) is 20.9 Å². The fourth-order valence-electron chi connectivity index (χ4n) is 1.78. The Kier molecular flexibility index (Phi) is 7.42. The lowest BCUT2D eigenvalue weighted by Crippen LogP contribution is -2.46. The molecule has 1 rings (SSSR count). The Balaban J connectivity index is 2.68. The molecule has 0 aliphatic carbocycles. The lowest BCUT2D eigenvalue weighted by atomic mass is 10.2. The summed E-state index contributed by atoms with van der Waals surface area (Å²) in [6.07, 6.45) is 1.34. The minimum atomic E-state index is -0.677. The normalized spacial score (nSPS) is 12.4. The zero-order chi connectivity index (χ0) is 17.5. The van der Waals surface area contributed by atoms with Crippen molar-refractivity contribution in [2.45, 2.75) is 39.0 Å². The summed E-state index contributed by atoms with van der Waals surface area (Å²) in [5.74, 6) is 0.0140. The van der Waals surface area contributed by atoms with Gasteiger partial charge in [0.25, 0.3) is 0 Å². The monoisotopic (exact) mass is 339 g/mol. The van der Waals surface area contributed by atoms with Crippen LogP contribution < -0.4 is 0 Å². The molecule has 0 saturated heterocycles. The van der Waals surface area contributed by atoms with Crippen LogP contribution in [0.4, 0.5) is 4.79 Å². The van der Waals surface area contributed by atoms with Gasteiger partial charge in [-0.25, -0.2) is 9.59 Å². The van der Waals surface area contributed by atoms with Crippen LogP contribution in [0.1, 0.15) is 26.3 Å². The second kappa shape index (κ2) is 8.82. The molecule has 0 spiro atoms. The summed E-state index contributed by atoms with van der Waals surface area (Å²) in [4.78, 5) is 25.8. The number of nitrogens with zero attached hydrogens (tertiary/aromatic N) is 1. The molecule has 0 bridgehead atoms. The molecule has 1 atom stereocenters. The van der Waals surface area contributed by atoms with Gasteiger partial charge in [-0.05, 0) is 32.6 Å². The Morgan fingerprint density at radius 3 is 2.35 bits per heavy atom. The van der Waals surface area contributed by atoms with Gasteiger partial charge in [0.2, 0.25) is 0 Å². The Morgan fingerprint density at radius 1 is 1.22 bits per heavy atom. The van der Waals surface area contributed by atoms with Gasteiger partial charge in [-0.1, -0.05) is 30.3 Å². The van der Waals surface area contributed by atoms with E-state index in [0.717, 1.165) is 5.56 Å². The molecule has 0 saturated carbocycles. The topological polar surface area (TPSA) is 55.8 Å². The minimum absolute atomic E-state index is 0.187. The molecule has 1 aromatic carbocycles. The maximum absolute atomic E-state index is 12.3. The van der Waals surface area contributed by atoms with Crippen molar-refractivity contribution in [1.82, 2.24) is 4.90 Å². The number of ether oxygens (including phenoxy) is 2. The van der Waals surface area contributed by atoms with E-state index in [1.165, 1.54) is 16.7 Å².